The van der Waals surface area contributed by atoms with Crippen molar-refractivity contribution in [3.05, 3.63) is 59.7 Å². The highest BCUT2D eigenvalue weighted by molar-refractivity contribution is 5.91. The van der Waals surface area contributed by atoms with E-state index in [1.165, 1.54) is 0 Å². The molecule has 2 aromatic carbocycles. The Morgan fingerprint density at radius 1 is 0.970 bits per heavy atom. The molecule has 5 N–H and O–H groups in total. The number of primary amides is 1. The second-order valence-corrected chi connectivity index (χ2v) is 8.26. The Morgan fingerprint density at radius 3 is 2.00 bits per heavy atom. The van der Waals surface area contributed by atoms with Crippen molar-refractivity contribution in [3.63, 3.8) is 0 Å². The fourth-order valence-electron chi connectivity index (χ4n) is 3.96. The van der Waals surface area contributed by atoms with Crippen LogP contribution in [0.4, 0.5) is 4.79 Å². The monoisotopic (exact) mass is 453 g/mol. The van der Waals surface area contributed by atoms with Crippen molar-refractivity contribution in [3.8, 4) is 11.1 Å². The van der Waals surface area contributed by atoms with Crippen LogP contribution in [0.5, 0.6) is 0 Å². The Balaban J connectivity index is 1.66. The topological polar surface area (TPSA) is 148 Å². The lowest BCUT2D eigenvalue weighted by Crippen LogP contribution is -2.54. The number of rotatable bonds is 9. The standard InChI is InChI=1S/C24H27N3O6/c1-13(2)21(22(29)26-19(23(30)31)11-20(25)28)27-24(32)33-12-18-16-9-5-3-7-14(16)15-8-4-6-10-17(15)18/h3-10,13,18-19,21H,11-12H2,1-2H3,(H2,25,28)(H,26,29)(H,27,32)(H,30,31)/t19-,21-/m0/s1. The molecule has 2 atom stereocenters. The third-order valence-electron chi connectivity index (χ3n) is 5.59. The van der Waals surface area contributed by atoms with Crippen molar-refractivity contribution in [1.82, 2.24) is 10.6 Å². The van der Waals surface area contributed by atoms with Crippen LogP contribution in [0.1, 0.15) is 37.3 Å². The van der Waals surface area contributed by atoms with Gasteiger partial charge in [-0.3, -0.25) is 9.59 Å². The maximum atomic E-state index is 12.6. The van der Waals surface area contributed by atoms with Crippen LogP contribution in [0.3, 0.4) is 0 Å². The lowest BCUT2D eigenvalue weighted by atomic mass is 9.98. The minimum Gasteiger partial charge on any atom is -0.480 e. The molecule has 1 aliphatic rings. The number of carboxylic acid groups (broad SMARTS) is 1. The van der Waals surface area contributed by atoms with E-state index in [9.17, 15) is 24.3 Å². The van der Waals surface area contributed by atoms with Gasteiger partial charge in [0, 0.05) is 5.92 Å². The molecule has 33 heavy (non-hydrogen) atoms. The number of aliphatic carboxylic acids is 1. The molecule has 0 aliphatic heterocycles. The van der Waals surface area contributed by atoms with Gasteiger partial charge in [0.1, 0.15) is 18.7 Å². The molecule has 2 aromatic rings. The number of hydrogen-bond acceptors (Lipinski definition) is 5. The van der Waals surface area contributed by atoms with Crippen LogP contribution in [-0.4, -0.2) is 47.7 Å². The predicted octanol–water partition coefficient (Wildman–Crippen LogP) is 1.99. The number of ether oxygens (including phenoxy) is 1. The van der Waals surface area contributed by atoms with Crippen molar-refractivity contribution in [1.29, 1.82) is 0 Å². The highest BCUT2D eigenvalue weighted by atomic mass is 16.5. The van der Waals surface area contributed by atoms with Gasteiger partial charge in [0.25, 0.3) is 0 Å². The minimum absolute atomic E-state index is 0.0751. The molecular formula is C24H27N3O6. The van der Waals surface area contributed by atoms with Crippen LogP contribution in [0, 0.1) is 5.92 Å². The number of alkyl carbamates (subject to hydrolysis) is 1. The van der Waals surface area contributed by atoms with Gasteiger partial charge in [-0.2, -0.15) is 0 Å². The van der Waals surface area contributed by atoms with E-state index in [4.69, 9.17) is 10.5 Å². The van der Waals surface area contributed by atoms with Gasteiger partial charge in [0.2, 0.25) is 11.8 Å². The fraction of sp³-hybridized carbons (Fsp3) is 0.333. The molecule has 0 bridgehead atoms. The second-order valence-electron chi connectivity index (χ2n) is 8.26. The van der Waals surface area contributed by atoms with Gasteiger partial charge < -0.3 is 26.2 Å². The van der Waals surface area contributed by atoms with E-state index in [1.807, 2.05) is 48.5 Å². The molecule has 0 heterocycles. The molecule has 3 amide bonds. The second kappa shape index (κ2) is 10.2. The first-order valence-electron chi connectivity index (χ1n) is 10.6. The molecule has 0 aromatic heterocycles. The summed E-state index contributed by atoms with van der Waals surface area (Å²) in [5.74, 6) is -3.51. The largest absolute Gasteiger partial charge is 0.480 e. The summed E-state index contributed by atoms with van der Waals surface area (Å²) in [5, 5.41) is 14.0. The number of carboxylic acids is 1. The first-order valence-corrected chi connectivity index (χ1v) is 10.6. The maximum Gasteiger partial charge on any atom is 0.407 e. The van der Waals surface area contributed by atoms with E-state index in [0.717, 1.165) is 22.3 Å². The third kappa shape index (κ3) is 5.49. The van der Waals surface area contributed by atoms with E-state index in [1.54, 1.807) is 13.8 Å². The third-order valence-corrected chi connectivity index (χ3v) is 5.59. The summed E-state index contributed by atoms with van der Waals surface area (Å²) >= 11 is 0. The van der Waals surface area contributed by atoms with Crippen LogP contribution >= 0.6 is 0 Å². The highest BCUT2D eigenvalue weighted by Gasteiger charge is 2.32. The molecule has 1 aliphatic carbocycles. The zero-order chi connectivity index (χ0) is 24.1. The van der Waals surface area contributed by atoms with E-state index in [2.05, 4.69) is 10.6 Å². The Kier molecular flexibility index (Phi) is 7.32. The fourth-order valence-corrected chi connectivity index (χ4v) is 3.96. The van der Waals surface area contributed by atoms with E-state index >= 15 is 0 Å². The smallest absolute Gasteiger partial charge is 0.407 e. The number of fused-ring (bicyclic) bond motifs is 3. The number of carbonyl (C=O) groups is 4. The van der Waals surface area contributed by atoms with Crippen LogP contribution in [0.15, 0.2) is 48.5 Å². The molecule has 0 spiro atoms. The maximum absolute atomic E-state index is 12.6. The van der Waals surface area contributed by atoms with E-state index < -0.39 is 42.4 Å². The average molecular weight is 453 g/mol. The Labute approximate surface area is 191 Å². The Bertz CT molecular complexity index is 1020. The summed E-state index contributed by atoms with van der Waals surface area (Å²) < 4.78 is 5.47. The normalized spacial score (nSPS) is 14.0. The number of nitrogens with two attached hydrogens (primary N) is 1. The Hall–Kier alpha value is -3.88. The van der Waals surface area contributed by atoms with Crippen LogP contribution in [0.2, 0.25) is 0 Å². The summed E-state index contributed by atoms with van der Waals surface area (Å²) in [6.45, 7) is 3.46. The number of hydrogen-bond donors (Lipinski definition) is 4. The highest BCUT2D eigenvalue weighted by Crippen LogP contribution is 2.44. The number of amides is 3. The molecule has 0 unspecified atom stereocenters. The molecule has 9 nitrogen and oxygen atoms in total. The molecule has 0 radical (unpaired) electrons. The van der Waals surface area contributed by atoms with E-state index in [0.29, 0.717) is 0 Å². The summed E-state index contributed by atoms with van der Waals surface area (Å²) in [4.78, 5) is 47.5. The van der Waals surface area contributed by atoms with Crippen molar-refractivity contribution in [2.24, 2.45) is 11.7 Å². The van der Waals surface area contributed by atoms with Gasteiger partial charge in [0.15, 0.2) is 0 Å². The zero-order valence-electron chi connectivity index (χ0n) is 18.4. The molecule has 3 rings (SSSR count). The number of nitrogens with one attached hydrogen (secondary N) is 2. The van der Waals surface area contributed by atoms with Gasteiger partial charge in [-0.1, -0.05) is 62.4 Å². The van der Waals surface area contributed by atoms with Gasteiger partial charge >= 0.3 is 12.1 Å². The van der Waals surface area contributed by atoms with E-state index in [-0.39, 0.29) is 18.4 Å². The summed E-state index contributed by atoms with van der Waals surface area (Å²) in [7, 11) is 0. The van der Waals surface area contributed by atoms with Crippen molar-refractivity contribution < 1.29 is 29.0 Å². The summed E-state index contributed by atoms with van der Waals surface area (Å²) in [6.07, 6.45) is -1.36. The van der Waals surface area contributed by atoms with Crippen LogP contribution < -0.4 is 16.4 Å². The van der Waals surface area contributed by atoms with Crippen molar-refractivity contribution in [2.75, 3.05) is 6.61 Å². The molecule has 0 fully saturated rings. The van der Waals surface area contributed by atoms with Crippen molar-refractivity contribution >= 4 is 23.9 Å². The van der Waals surface area contributed by atoms with Gasteiger partial charge in [-0.15, -0.1) is 0 Å². The number of benzene rings is 2. The lowest BCUT2D eigenvalue weighted by Gasteiger charge is -2.24. The molecular weight excluding hydrogens is 426 g/mol. The molecule has 9 heteroatoms. The lowest BCUT2D eigenvalue weighted by molar-refractivity contribution is -0.143. The van der Waals surface area contributed by atoms with Crippen LogP contribution in [-0.2, 0) is 19.1 Å². The van der Waals surface area contributed by atoms with Gasteiger partial charge in [0.05, 0.1) is 6.42 Å². The molecule has 0 saturated heterocycles. The van der Waals surface area contributed by atoms with Crippen LogP contribution in [0.25, 0.3) is 11.1 Å². The summed E-state index contributed by atoms with van der Waals surface area (Å²) in [6, 6.07) is 13.3. The predicted molar refractivity (Wildman–Crippen MR) is 120 cm³/mol. The van der Waals surface area contributed by atoms with Gasteiger partial charge in [-0.05, 0) is 28.2 Å². The zero-order valence-corrected chi connectivity index (χ0v) is 18.4. The average Bonchev–Trinajstić information content (AvgIpc) is 3.08. The molecule has 0 saturated carbocycles. The molecule has 174 valence electrons. The van der Waals surface area contributed by atoms with Gasteiger partial charge in [-0.25, -0.2) is 9.59 Å². The quantitative estimate of drug-likeness (QED) is 0.456. The number of carbonyl (C=O) groups excluding carboxylic acids is 3. The first-order chi connectivity index (χ1) is 15.7. The summed E-state index contributed by atoms with van der Waals surface area (Å²) in [5.41, 5.74) is 9.35. The Morgan fingerprint density at radius 2 is 1.52 bits per heavy atom. The van der Waals surface area contributed by atoms with Crippen molar-refractivity contribution in [2.45, 2.75) is 38.3 Å². The first kappa shape index (κ1) is 23.8. The minimum atomic E-state index is -1.49. The SMILES string of the molecule is CC(C)[C@H](NC(=O)OCC1c2ccccc2-c2ccccc21)C(=O)N[C@@H](CC(N)=O)C(=O)O.